The summed E-state index contributed by atoms with van der Waals surface area (Å²) in [6.07, 6.45) is 3.43. The highest BCUT2D eigenvalue weighted by Gasteiger charge is 2.37. The number of aromatic amines is 1. The summed E-state index contributed by atoms with van der Waals surface area (Å²) in [7, 11) is -3.90. The summed E-state index contributed by atoms with van der Waals surface area (Å²) in [6.45, 7) is 0.498. The maximum atomic E-state index is 13.2. The van der Waals surface area contributed by atoms with E-state index in [4.69, 9.17) is 11.6 Å². The predicted octanol–water partition coefficient (Wildman–Crippen LogP) is 2.79. The molecule has 3 aromatic rings. The molecule has 3 N–H and O–H groups in total. The first-order chi connectivity index (χ1) is 18.7. The molecular weight excluding hydrogens is 564 g/mol. The van der Waals surface area contributed by atoms with Crippen LogP contribution in [0.4, 0.5) is 5.95 Å². The molecule has 0 saturated carbocycles. The summed E-state index contributed by atoms with van der Waals surface area (Å²) in [5.41, 5.74) is 1.50. The highest BCUT2D eigenvalue weighted by molar-refractivity contribution is 7.92. The molecule has 0 aliphatic carbocycles. The lowest BCUT2D eigenvalue weighted by atomic mass is 10.1. The third-order valence-electron chi connectivity index (χ3n) is 6.68. The van der Waals surface area contributed by atoms with Crippen molar-refractivity contribution in [1.82, 2.24) is 24.5 Å². The molecule has 1 aromatic carbocycles. The average molecular weight is 591 g/mol. The smallest absolute Gasteiger partial charge is 0.249 e. The van der Waals surface area contributed by atoms with Crippen molar-refractivity contribution in [3.05, 3.63) is 51.0 Å². The van der Waals surface area contributed by atoms with E-state index in [1.807, 2.05) is 24.3 Å². The van der Waals surface area contributed by atoms with Gasteiger partial charge in [0.25, 0.3) is 0 Å². The molecule has 0 spiro atoms. The van der Waals surface area contributed by atoms with E-state index in [0.717, 1.165) is 10.9 Å². The Balaban J connectivity index is 1.19. The number of nitrogens with zero attached hydrogens (tertiary/aromatic N) is 3. The molecule has 2 aromatic heterocycles. The first-order valence-corrected chi connectivity index (χ1v) is 15.2. The lowest BCUT2D eigenvalue weighted by Crippen LogP contribution is -2.55. The van der Waals surface area contributed by atoms with Gasteiger partial charge >= 0.3 is 0 Å². The van der Waals surface area contributed by atoms with Gasteiger partial charge in [-0.05, 0) is 56.0 Å². The van der Waals surface area contributed by atoms with E-state index >= 15 is 0 Å². The van der Waals surface area contributed by atoms with Gasteiger partial charge in [0.15, 0.2) is 0 Å². The minimum absolute atomic E-state index is 0.227. The summed E-state index contributed by atoms with van der Waals surface area (Å²) >= 11 is 7.11. The maximum Gasteiger partial charge on any atom is 0.249 e. The van der Waals surface area contributed by atoms with Crippen LogP contribution in [0.2, 0.25) is 4.34 Å². The number of carbonyl (C=O) groups is 3. The van der Waals surface area contributed by atoms with Crippen molar-refractivity contribution in [3.63, 3.8) is 0 Å². The van der Waals surface area contributed by atoms with Gasteiger partial charge in [-0.1, -0.05) is 23.7 Å². The molecule has 2 atom stereocenters. The number of fused-ring (bicyclic) bond motifs is 1. The molecule has 0 bridgehead atoms. The van der Waals surface area contributed by atoms with Gasteiger partial charge in [0.1, 0.15) is 12.1 Å². The molecule has 3 amide bonds. The zero-order valence-electron chi connectivity index (χ0n) is 20.8. The largest absolute Gasteiger partial charge is 0.332 e. The number of piperidine rings is 1. The minimum atomic E-state index is -3.90. The second kappa shape index (κ2) is 11.5. The van der Waals surface area contributed by atoms with E-state index in [-0.39, 0.29) is 18.4 Å². The number of hydrogen-bond donors (Lipinski definition) is 3. The number of benzene rings is 1. The molecular formula is C25H27ClN6O5S2. The molecule has 11 nitrogen and oxygen atoms in total. The first-order valence-electron chi connectivity index (χ1n) is 12.5. The molecule has 39 heavy (non-hydrogen) atoms. The number of nitrogens with one attached hydrogen (secondary N) is 3. The molecule has 0 unspecified atom stereocenters. The lowest BCUT2D eigenvalue weighted by molar-refractivity contribution is -0.144. The van der Waals surface area contributed by atoms with Crippen molar-refractivity contribution in [2.24, 2.45) is 0 Å². The van der Waals surface area contributed by atoms with Crippen LogP contribution in [0.15, 0.2) is 41.8 Å². The van der Waals surface area contributed by atoms with Crippen LogP contribution in [0, 0.1) is 0 Å². The number of carbonyl (C=O) groups excluding carboxylic acids is 3. The van der Waals surface area contributed by atoms with Gasteiger partial charge in [0.2, 0.25) is 33.7 Å². The number of aromatic nitrogens is 2. The number of sulfonamides is 1. The number of halogens is 1. The number of likely N-dealkylation sites (tertiary alicyclic amines) is 2. The second-order valence-electron chi connectivity index (χ2n) is 9.40. The van der Waals surface area contributed by atoms with Gasteiger partial charge in [-0.15, -0.1) is 11.3 Å². The highest BCUT2D eigenvalue weighted by atomic mass is 35.5. The topological polar surface area (TPSA) is 145 Å². The van der Waals surface area contributed by atoms with E-state index in [1.54, 1.807) is 12.1 Å². The van der Waals surface area contributed by atoms with Crippen LogP contribution in [-0.2, 0) is 24.4 Å². The van der Waals surface area contributed by atoms with Crippen molar-refractivity contribution in [2.75, 3.05) is 25.0 Å². The number of para-hydroxylation sites is 2. The quantitative estimate of drug-likeness (QED) is 0.368. The van der Waals surface area contributed by atoms with Crippen molar-refractivity contribution >= 4 is 73.7 Å². The molecule has 0 radical (unpaired) electrons. The second-order valence-corrected chi connectivity index (χ2v) is 12.7. The Hall–Kier alpha value is -3.26. The summed E-state index contributed by atoms with van der Waals surface area (Å²) in [5, 5.41) is 3.76. The summed E-state index contributed by atoms with van der Waals surface area (Å²) in [4.78, 5) is 50.2. The van der Waals surface area contributed by atoms with Crippen LogP contribution in [0.1, 0.15) is 30.6 Å². The van der Waals surface area contributed by atoms with Crippen molar-refractivity contribution in [3.8, 4) is 0 Å². The molecule has 4 heterocycles. The Labute approximate surface area is 234 Å². The molecule has 206 valence electrons. The average Bonchev–Trinajstić information content (AvgIpc) is 3.64. The summed E-state index contributed by atoms with van der Waals surface area (Å²) in [6, 6.07) is 9.09. The van der Waals surface area contributed by atoms with Gasteiger partial charge in [0, 0.05) is 23.4 Å². The fraction of sp³-hybridized carbons (Fsp3) is 0.360. The van der Waals surface area contributed by atoms with Crippen LogP contribution < -0.4 is 10.0 Å². The Morgan fingerprint density at radius 1 is 1.15 bits per heavy atom. The molecule has 2 fully saturated rings. The zero-order chi connectivity index (χ0) is 27.6. The first kappa shape index (κ1) is 27.3. The van der Waals surface area contributed by atoms with Crippen LogP contribution >= 0.6 is 22.9 Å². The van der Waals surface area contributed by atoms with Gasteiger partial charge in [-0.2, -0.15) is 4.72 Å². The van der Waals surface area contributed by atoms with Crippen molar-refractivity contribution < 1.29 is 22.8 Å². The lowest BCUT2D eigenvalue weighted by Gasteiger charge is -2.33. The highest BCUT2D eigenvalue weighted by Crippen LogP contribution is 2.24. The molecule has 2 aliphatic rings. The van der Waals surface area contributed by atoms with Gasteiger partial charge in [-0.3, -0.25) is 19.7 Å². The Kier molecular flexibility index (Phi) is 8.03. The van der Waals surface area contributed by atoms with Crippen LogP contribution in [0.25, 0.3) is 17.1 Å². The number of hydrogen-bond acceptors (Lipinski definition) is 7. The molecule has 5 rings (SSSR count). The normalized spacial score (nSPS) is 20.3. The number of rotatable bonds is 8. The third kappa shape index (κ3) is 6.49. The fourth-order valence-corrected chi connectivity index (χ4v) is 6.89. The SMILES string of the molecule is O=C(Nc1nc2ccccc2[nH]1)[C@@H]1CCCN1C(=O)CN1CCC[C@H](NS(=O)(=O)C=Cc2ccc(Cl)s2)C1=O. The van der Waals surface area contributed by atoms with E-state index in [2.05, 4.69) is 20.0 Å². The van der Waals surface area contributed by atoms with E-state index in [9.17, 15) is 22.8 Å². The maximum absolute atomic E-state index is 13.2. The van der Waals surface area contributed by atoms with Gasteiger partial charge < -0.3 is 14.8 Å². The Bertz CT molecular complexity index is 1500. The Morgan fingerprint density at radius 3 is 2.72 bits per heavy atom. The van der Waals surface area contributed by atoms with Crippen molar-refractivity contribution in [2.45, 2.75) is 37.8 Å². The summed E-state index contributed by atoms with van der Waals surface area (Å²) < 4.78 is 28.1. The van der Waals surface area contributed by atoms with Crippen LogP contribution in [0.3, 0.4) is 0 Å². The standard InChI is InChI=1S/C25H27ClN6O5S2/c26-21-10-9-16(38-21)11-14-39(36,37)30-19-7-3-12-31(24(19)35)15-22(33)32-13-4-8-20(32)23(34)29-25-27-17-5-1-2-6-18(17)28-25/h1-2,5-6,9-11,14,19-20,30H,3-4,7-8,12-13,15H2,(H2,27,28,29,34)/t19-,20-/m0/s1. The predicted molar refractivity (Wildman–Crippen MR) is 149 cm³/mol. The monoisotopic (exact) mass is 590 g/mol. The molecule has 14 heteroatoms. The number of H-pyrrole nitrogens is 1. The molecule has 2 aliphatic heterocycles. The summed E-state index contributed by atoms with van der Waals surface area (Å²) in [5.74, 6) is -0.871. The van der Waals surface area contributed by atoms with Gasteiger partial charge in [-0.25, -0.2) is 13.4 Å². The number of thiophene rings is 1. The third-order valence-corrected chi connectivity index (χ3v) is 8.98. The number of imidazole rings is 1. The number of anilines is 1. The van der Waals surface area contributed by atoms with E-state index in [0.29, 0.717) is 59.5 Å². The zero-order valence-corrected chi connectivity index (χ0v) is 23.2. The molecule has 2 saturated heterocycles. The number of amides is 3. The minimum Gasteiger partial charge on any atom is -0.332 e. The van der Waals surface area contributed by atoms with Crippen LogP contribution in [0.5, 0.6) is 0 Å². The van der Waals surface area contributed by atoms with Crippen LogP contribution in [-0.4, -0.2) is 77.6 Å². The van der Waals surface area contributed by atoms with E-state index < -0.39 is 28.0 Å². The fourth-order valence-electron chi connectivity index (χ4n) is 4.82. The van der Waals surface area contributed by atoms with Crippen molar-refractivity contribution in [1.29, 1.82) is 0 Å². The van der Waals surface area contributed by atoms with E-state index in [1.165, 1.54) is 27.2 Å². The van der Waals surface area contributed by atoms with Gasteiger partial charge in [0.05, 0.1) is 21.9 Å². The Morgan fingerprint density at radius 2 is 1.95 bits per heavy atom.